The Morgan fingerprint density at radius 1 is 0.557 bits per heavy atom. The Balaban J connectivity index is 0.000000189. The molecule has 2 aliphatic rings. The quantitative estimate of drug-likeness (QED) is 0.0511. The van der Waals surface area contributed by atoms with E-state index >= 15 is 0 Å². The summed E-state index contributed by atoms with van der Waals surface area (Å²) < 4.78 is 6.37. The lowest BCUT2D eigenvalue weighted by Crippen LogP contribution is -2.44. The monoisotopic (exact) mass is 937 g/mol. The molecule has 2 fully saturated rings. The van der Waals surface area contributed by atoms with Crippen molar-refractivity contribution in [3.8, 4) is 5.75 Å². The fourth-order valence-electron chi connectivity index (χ4n) is 9.86. The summed E-state index contributed by atoms with van der Waals surface area (Å²) >= 11 is 0. The van der Waals surface area contributed by atoms with Gasteiger partial charge in [0.25, 0.3) is 0 Å². The summed E-state index contributed by atoms with van der Waals surface area (Å²) in [6.45, 7) is 12.3. The van der Waals surface area contributed by atoms with Gasteiger partial charge in [-0.15, -0.1) is 0 Å². The number of rotatable bonds is 19. The van der Waals surface area contributed by atoms with Gasteiger partial charge in [0.1, 0.15) is 17.1 Å². The van der Waals surface area contributed by atoms with Gasteiger partial charge in [0.15, 0.2) is 0 Å². The van der Waals surface area contributed by atoms with Crippen LogP contribution in [0.2, 0.25) is 0 Å². The van der Waals surface area contributed by atoms with Gasteiger partial charge in [-0.3, -0.25) is 0 Å². The smallest absolute Gasteiger partial charge is 0.134 e. The number of furan rings is 1. The number of likely N-dealkylation sites (tertiary alicyclic amines) is 1. The first-order chi connectivity index (χ1) is 34.4. The number of nitrogens with zero attached hydrogens (tertiary/aromatic N) is 2. The Bertz CT molecular complexity index is 2720. The van der Waals surface area contributed by atoms with Crippen LogP contribution in [0.3, 0.4) is 0 Å². The minimum Gasteiger partial charge on any atom is -0.508 e. The van der Waals surface area contributed by atoms with E-state index in [1.54, 1.807) is 12.1 Å². The van der Waals surface area contributed by atoms with Crippen LogP contribution in [0.15, 0.2) is 162 Å². The molecule has 0 bridgehead atoms. The van der Waals surface area contributed by atoms with E-state index < -0.39 is 0 Å². The molecule has 6 aromatic carbocycles. The maximum Gasteiger partial charge on any atom is 0.134 e. The van der Waals surface area contributed by atoms with Gasteiger partial charge in [-0.05, 0) is 151 Å². The molecule has 0 unspecified atom stereocenters. The Labute approximate surface area is 416 Å². The van der Waals surface area contributed by atoms with Crippen LogP contribution < -0.4 is 10.6 Å². The number of benzene rings is 6. The molecule has 0 amide bonds. The second kappa shape index (κ2) is 26.1. The summed E-state index contributed by atoms with van der Waals surface area (Å²) in [6, 6.07) is 54.6. The van der Waals surface area contributed by atoms with E-state index in [1.165, 1.54) is 65.8 Å². The van der Waals surface area contributed by atoms with Gasteiger partial charge < -0.3 is 40.2 Å². The average Bonchev–Trinajstić information content (AvgIpc) is 3.83. The highest BCUT2D eigenvalue weighted by Crippen LogP contribution is 2.38. The van der Waals surface area contributed by atoms with Gasteiger partial charge in [-0.1, -0.05) is 133 Å². The molecule has 0 aliphatic carbocycles. The van der Waals surface area contributed by atoms with Crippen molar-refractivity contribution in [1.82, 2.24) is 15.1 Å². The molecule has 0 atom stereocenters. The Morgan fingerprint density at radius 2 is 1.09 bits per heavy atom. The predicted octanol–water partition coefficient (Wildman–Crippen LogP) is 11.9. The third-order valence-electron chi connectivity index (χ3n) is 13.6. The summed E-state index contributed by atoms with van der Waals surface area (Å²) in [5.74, 6) is 1.30. The van der Waals surface area contributed by atoms with Crippen molar-refractivity contribution in [2.45, 2.75) is 58.3 Å². The first-order valence-electron chi connectivity index (χ1n) is 25.6. The zero-order valence-corrected chi connectivity index (χ0v) is 41.1. The topological polar surface area (TPSA) is 104 Å². The summed E-state index contributed by atoms with van der Waals surface area (Å²) in [6.07, 6.45) is 7.92. The van der Waals surface area contributed by atoms with Crippen LogP contribution in [0.5, 0.6) is 5.75 Å². The van der Waals surface area contributed by atoms with Gasteiger partial charge in [0.05, 0.1) is 0 Å². The normalized spacial score (nSPS) is 15.2. The van der Waals surface area contributed by atoms with Crippen molar-refractivity contribution in [1.29, 1.82) is 0 Å². The maximum atomic E-state index is 9.86. The molecule has 364 valence electrons. The van der Waals surface area contributed by atoms with Crippen LogP contribution in [0.4, 0.5) is 5.69 Å². The van der Waals surface area contributed by atoms with Gasteiger partial charge >= 0.3 is 0 Å². The molecular weight excluding hydrogens is 865 g/mol. The van der Waals surface area contributed by atoms with Crippen LogP contribution >= 0.6 is 0 Å². The van der Waals surface area contributed by atoms with E-state index in [1.807, 2.05) is 18.2 Å². The largest absolute Gasteiger partial charge is 0.508 e. The molecule has 1 aromatic heterocycles. The number of aliphatic hydroxyl groups is 2. The Morgan fingerprint density at radius 3 is 1.67 bits per heavy atom. The number of aliphatic hydroxyl groups excluding tert-OH is 2. The Kier molecular flexibility index (Phi) is 18.7. The zero-order valence-electron chi connectivity index (χ0n) is 41.1. The van der Waals surface area contributed by atoms with Gasteiger partial charge in [-0.25, -0.2) is 0 Å². The third kappa shape index (κ3) is 14.0. The number of nitrogens with one attached hydrogen (secondary N) is 2. The van der Waals surface area contributed by atoms with Crippen molar-refractivity contribution in [3.05, 3.63) is 202 Å². The number of hydrogen-bond acceptors (Lipinski definition) is 8. The number of hydrogen-bond donors (Lipinski definition) is 5. The van der Waals surface area contributed by atoms with Crippen molar-refractivity contribution < 1.29 is 19.7 Å². The molecule has 0 saturated carbocycles. The number of anilines is 1. The fraction of sp³-hybridized carbons (Fsp3) is 0.323. The molecule has 9 rings (SSSR count). The van der Waals surface area contributed by atoms with Gasteiger partial charge in [0.2, 0.25) is 0 Å². The third-order valence-corrected chi connectivity index (χ3v) is 13.6. The fourth-order valence-corrected chi connectivity index (χ4v) is 9.86. The van der Waals surface area contributed by atoms with Crippen molar-refractivity contribution >= 4 is 38.9 Å². The summed E-state index contributed by atoms with van der Waals surface area (Å²) in [7, 11) is 0. The van der Waals surface area contributed by atoms with E-state index in [2.05, 4.69) is 155 Å². The molecule has 2 saturated heterocycles. The van der Waals surface area contributed by atoms with Crippen molar-refractivity contribution in [2.75, 3.05) is 77.4 Å². The molecule has 3 heterocycles. The average molecular weight is 937 g/mol. The highest BCUT2D eigenvalue weighted by Gasteiger charge is 2.18. The lowest BCUT2D eigenvalue weighted by molar-refractivity contribution is 0.237. The maximum absolute atomic E-state index is 9.86. The van der Waals surface area contributed by atoms with Crippen LogP contribution in [-0.2, 0) is 6.42 Å². The van der Waals surface area contributed by atoms with E-state index in [0.717, 1.165) is 122 Å². The van der Waals surface area contributed by atoms with Gasteiger partial charge in [0, 0.05) is 76.5 Å². The lowest BCUT2D eigenvalue weighted by Gasteiger charge is -2.26. The van der Waals surface area contributed by atoms with Crippen LogP contribution in [0.25, 0.3) is 33.3 Å². The highest BCUT2D eigenvalue weighted by atomic mass is 16.3. The molecule has 7 aromatic rings. The van der Waals surface area contributed by atoms with Crippen LogP contribution in [0.1, 0.15) is 89.7 Å². The van der Waals surface area contributed by atoms with Crippen molar-refractivity contribution in [3.63, 3.8) is 0 Å². The number of phenols is 1. The molecule has 8 heteroatoms. The van der Waals surface area contributed by atoms with E-state index in [9.17, 15) is 15.3 Å². The SMILES string of the molecule is Cc1ccc(/C(=C(\CCCO)c2ccccc2)c2ccc3cc(CCN4CCNCC4)oc3c2)cc1.OCCC/C(=C(\c1ccc(O)cc1)c1ccc(NCCN2CCCCC2)cc1)c1ccccc1. The number of piperidine rings is 1. The Hall–Kier alpha value is -6.26. The summed E-state index contributed by atoms with van der Waals surface area (Å²) in [4.78, 5) is 5.05. The number of allylic oxidation sites excluding steroid dienone is 2. The molecule has 70 heavy (non-hydrogen) atoms. The minimum atomic E-state index is 0.152. The second-order valence-corrected chi connectivity index (χ2v) is 18.7. The van der Waals surface area contributed by atoms with Crippen molar-refractivity contribution in [2.24, 2.45) is 0 Å². The van der Waals surface area contributed by atoms with Gasteiger partial charge in [-0.2, -0.15) is 0 Å². The first kappa shape index (κ1) is 50.1. The first-order valence-corrected chi connectivity index (χ1v) is 25.6. The molecule has 5 N–H and O–H groups in total. The molecule has 0 radical (unpaired) electrons. The minimum absolute atomic E-state index is 0.152. The van der Waals surface area contributed by atoms with Crippen LogP contribution in [-0.4, -0.2) is 97.2 Å². The molecular formula is C62H72N4O4. The zero-order chi connectivity index (χ0) is 48.3. The number of fused-ring (bicyclic) bond motifs is 1. The van der Waals surface area contributed by atoms with E-state index in [0.29, 0.717) is 6.42 Å². The highest BCUT2D eigenvalue weighted by molar-refractivity contribution is 6.01. The number of aromatic hydroxyl groups is 1. The predicted molar refractivity (Wildman–Crippen MR) is 291 cm³/mol. The second-order valence-electron chi connectivity index (χ2n) is 18.7. The standard InChI is InChI=1S/C32H36N2O2.C30H36N2O2/c1-24-9-11-26(12-10-24)32(30(8-5-21-35)25-6-3-2-4-7-25)28-14-13-27-22-29(36-31(27)23-28)15-18-34-19-16-33-17-20-34;33-23-7-10-29(24-8-3-1-4-9-24)30(26-13-17-28(34)18-14-26)25-11-15-27(16-12-25)31-19-22-32-20-5-2-6-21-32/h2-4,6-7,9-14,22-23,33,35H,5,8,15-21H2,1H3;1,3-4,8-9,11-18,31,33-34H,2,5-7,10,19-23H2/b32-30-;30-29+. The lowest BCUT2D eigenvalue weighted by atomic mass is 9.87. The number of piperazine rings is 1. The number of phenolic OH excluding ortho intramolecular Hbond substituents is 1. The molecule has 2 aliphatic heterocycles. The van der Waals surface area contributed by atoms with Crippen LogP contribution in [0, 0.1) is 6.92 Å². The van der Waals surface area contributed by atoms with E-state index in [4.69, 9.17) is 4.42 Å². The van der Waals surface area contributed by atoms with E-state index in [-0.39, 0.29) is 19.0 Å². The summed E-state index contributed by atoms with van der Waals surface area (Å²) in [5.41, 5.74) is 15.0. The summed E-state index contributed by atoms with van der Waals surface area (Å²) in [5, 5.41) is 37.2. The molecule has 8 nitrogen and oxygen atoms in total. The number of aryl methyl sites for hydroxylation is 1. The molecule has 0 spiro atoms.